The Morgan fingerprint density at radius 2 is 2.09 bits per heavy atom. The molecule has 4 nitrogen and oxygen atoms in total. The summed E-state index contributed by atoms with van der Waals surface area (Å²) in [7, 11) is -1.61. The molecule has 22 heavy (non-hydrogen) atoms. The van der Waals surface area contributed by atoms with Crippen LogP contribution in [0.15, 0.2) is 35.9 Å². The van der Waals surface area contributed by atoms with Gasteiger partial charge in [-0.1, -0.05) is 23.8 Å². The third-order valence-corrected chi connectivity index (χ3v) is 5.33. The Kier molecular flexibility index (Phi) is 6.46. The second-order valence-corrected chi connectivity index (χ2v) is 7.60. The molecule has 1 aliphatic carbocycles. The minimum Gasteiger partial charge on any atom is -0.497 e. The van der Waals surface area contributed by atoms with E-state index in [0.717, 1.165) is 30.6 Å². The predicted molar refractivity (Wildman–Crippen MR) is 89.7 cm³/mol. The molecule has 0 bridgehead atoms. The molecule has 1 N–H and O–H groups in total. The summed E-state index contributed by atoms with van der Waals surface area (Å²) in [5, 5.41) is 0. The molecule has 0 fully saturated rings. The summed E-state index contributed by atoms with van der Waals surface area (Å²) >= 11 is 0. The van der Waals surface area contributed by atoms with Gasteiger partial charge >= 0.3 is 0 Å². The summed E-state index contributed by atoms with van der Waals surface area (Å²) in [6.07, 6.45) is 8.33. The summed E-state index contributed by atoms with van der Waals surface area (Å²) < 4.78 is 31.9. The number of methoxy groups -OCH3 is 1. The molecule has 0 aromatic heterocycles. The highest BCUT2D eigenvalue weighted by Crippen LogP contribution is 2.19. The molecule has 0 heterocycles. The maximum Gasteiger partial charge on any atom is 0.211 e. The van der Waals surface area contributed by atoms with Gasteiger partial charge < -0.3 is 4.74 Å². The highest BCUT2D eigenvalue weighted by molar-refractivity contribution is 7.89. The predicted octanol–water partition coefficient (Wildman–Crippen LogP) is 3.05. The number of rotatable bonds is 8. The lowest BCUT2D eigenvalue weighted by molar-refractivity contribution is 0.414. The topological polar surface area (TPSA) is 55.4 Å². The van der Waals surface area contributed by atoms with Gasteiger partial charge in [-0.3, -0.25) is 0 Å². The number of allylic oxidation sites excluding steroid dienone is 1. The Labute approximate surface area is 133 Å². The molecule has 0 amide bonds. The van der Waals surface area contributed by atoms with E-state index in [-0.39, 0.29) is 5.75 Å². The fourth-order valence-electron chi connectivity index (χ4n) is 2.65. The molecule has 0 radical (unpaired) electrons. The maximum absolute atomic E-state index is 12.0. The van der Waals surface area contributed by atoms with E-state index < -0.39 is 10.0 Å². The van der Waals surface area contributed by atoms with E-state index in [4.69, 9.17) is 4.74 Å². The van der Waals surface area contributed by atoms with Gasteiger partial charge in [-0.15, -0.1) is 0 Å². The zero-order valence-electron chi connectivity index (χ0n) is 13.2. The van der Waals surface area contributed by atoms with Crippen LogP contribution in [0.1, 0.15) is 37.7 Å². The van der Waals surface area contributed by atoms with E-state index in [0.29, 0.717) is 13.0 Å². The number of hydrogen-bond acceptors (Lipinski definition) is 3. The first-order chi connectivity index (χ1) is 10.6. The fourth-order valence-corrected chi connectivity index (χ4v) is 3.71. The number of aryl methyl sites for hydroxylation is 1. The van der Waals surface area contributed by atoms with Gasteiger partial charge in [0.05, 0.1) is 12.9 Å². The minimum atomic E-state index is -3.22. The third kappa shape index (κ3) is 5.81. The quantitative estimate of drug-likeness (QED) is 0.748. The molecular weight excluding hydrogens is 298 g/mol. The number of nitrogens with one attached hydrogen (secondary N) is 1. The average Bonchev–Trinajstić information content (AvgIpc) is 2.54. The van der Waals surface area contributed by atoms with Gasteiger partial charge in [0.1, 0.15) is 5.75 Å². The van der Waals surface area contributed by atoms with Crippen molar-refractivity contribution in [1.82, 2.24) is 4.72 Å². The van der Waals surface area contributed by atoms with Crippen molar-refractivity contribution in [3.8, 4) is 5.75 Å². The molecule has 1 aliphatic rings. The van der Waals surface area contributed by atoms with Gasteiger partial charge in [0.15, 0.2) is 0 Å². The Bertz CT molecular complexity index is 608. The molecule has 0 atom stereocenters. The third-order valence-electron chi connectivity index (χ3n) is 3.95. The molecule has 1 aromatic rings. The minimum absolute atomic E-state index is 0.110. The zero-order valence-corrected chi connectivity index (χ0v) is 14.0. The van der Waals surface area contributed by atoms with Crippen molar-refractivity contribution < 1.29 is 13.2 Å². The van der Waals surface area contributed by atoms with E-state index >= 15 is 0 Å². The van der Waals surface area contributed by atoms with Crippen LogP contribution in [0.3, 0.4) is 0 Å². The summed E-state index contributed by atoms with van der Waals surface area (Å²) in [4.78, 5) is 0. The van der Waals surface area contributed by atoms with Crippen molar-refractivity contribution in [2.45, 2.75) is 38.5 Å². The van der Waals surface area contributed by atoms with Gasteiger partial charge in [0.2, 0.25) is 10.0 Å². The van der Waals surface area contributed by atoms with Crippen molar-refractivity contribution in [3.63, 3.8) is 0 Å². The first-order valence-corrected chi connectivity index (χ1v) is 9.52. The molecule has 2 rings (SSSR count). The van der Waals surface area contributed by atoms with Crippen LogP contribution in [0.25, 0.3) is 0 Å². The van der Waals surface area contributed by atoms with E-state index in [2.05, 4.69) is 10.8 Å². The second-order valence-electron chi connectivity index (χ2n) is 5.67. The smallest absolute Gasteiger partial charge is 0.211 e. The van der Waals surface area contributed by atoms with Gasteiger partial charge in [-0.2, -0.15) is 0 Å². The standard InChI is InChI=1S/C17H25NO3S/c1-21-17-9-5-8-16(14-17)11-13-22(19,20)18-12-10-15-6-3-2-4-7-15/h5-6,8-9,14,18H,2-4,7,10-13H2,1H3. The SMILES string of the molecule is COc1cccc(CCS(=O)(=O)NCCC2=CCCCC2)c1. The first kappa shape index (κ1) is 17.0. The van der Waals surface area contributed by atoms with Crippen LogP contribution in [0.5, 0.6) is 5.75 Å². The number of sulfonamides is 1. The fraction of sp³-hybridized carbons (Fsp3) is 0.529. The molecular formula is C17H25NO3S. The normalized spacial score (nSPS) is 15.4. The first-order valence-electron chi connectivity index (χ1n) is 7.87. The van der Waals surface area contributed by atoms with Crippen molar-refractivity contribution >= 4 is 10.0 Å². The maximum atomic E-state index is 12.0. The largest absolute Gasteiger partial charge is 0.497 e. The molecule has 0 saturated carbocycles. The van der Waals surface area contributed by atoms with Crippen molar-refractivity contribution in [2.24, 2.45) is 0 Å². The van der Waals surface area contributed by atoms with Crippen LogP contribution in [-0.2, 0) is 16.4 Å². The summed E-state index contributed by atoms with van der Waals surface area (Å²) in [6, 6.07) is 7.53. The van der Waals surface area contributed by atoms with Gasteiger partial charge in [0, 0.05) is 6.54 Å². The van der Waals surface area contributed by atoms with E-state index in [1.165, 1.54) is 18.4 Å². The van der Waals surface area contributed by atoms with Crippen molar-refractivity contribution in [3.05, 3.63) is 41.5 Å². The van der Waals surface area contributed by atoms with E-state index in [1.807, 2.05) is 24.3 Å². The molecule has 0 spiro atoms. The average molecular weight is 323 g/mol. The number of ether oxygens (including phenoxy) is 1. The molecule has 0 aliphatic heterocycles. The van der Waals surface area contributed by atoms with Crippen LogP contribution in [0.4, 0.5) is 0 Å². The Morgan fingerprint density at radius 1 is 1.23 bits per heavy atom. The lowest BCUT2D eigenvalue weighted by atomic mass is 9.97. The van der Waals surface area contributed by atoms with Crippen molar-refractivity contribution in [1.29, 1.82) is 0 Å². The summed E-state index contributed by atoms with van der Waals surface area (Å²) in [5.41, 5.74) is 2.36. The second kappa shape index (κ2) is 8.34. The van der Waals surface area contributed by atoms with Crippen molar-refractivity contribution in [2.75, 3.05) is 19.4 Å². The van der Waals surface area contributed by atoms with Gasteiger partial charge in [-0.05, 0) is 56.2 Å². The summed E-state index contributed by atoms with van der Waals surface area (Å²) in [6.45, 7) is 0.506. The molecule has 0 saturated heterocycles. The van der Waals surface area contributed by atoms with E-state index in [1.54, 1.807) is 7.11 Å². The van der Waals surface area contributed by atoms with Crippen LogP contribution in [0, 0.1) is 0 Å². The van der Waals surface area contributed by atoms with Crippen LogP contribution in [-0.4, -0.2) is 27.8 Å². The number of benzene rings is 1. The highest BCUT2D eigenvalue weighted by Gasteiger charge is 2.11. The van der Waals surface area contributed by atoms with E-state index in [9.17, 15) is 8.42 Å². The Hall–Kier alpha value is -1.33. The van der Waals surface area contributed by atoms with Gasteiger partial charge in [0.25, 0.3) is 0 Å². The lowest BCUT2D eigenvalue weighted by Gasteiger charge is -2.13. The molecule has 1 aromatic carbocycles. The lowest BCUT2D eigenvalue weighted by Crippen LogP contribution is -2.28. The number of hydrogen-bond donors (Lipinski definition) is 1. The summed E-state index contributed by atoms with van der Waals surface area (Å²) in [5.74, 6) is 0.867. The molecule has 0 unspecified atom stereocenters. The molecule has 122 valence electrons. The Balaban J connectivity index is 1.76. The monoisotopic (exact) mass is 323 g/mol. The zero-order chi connectivity index (χ0) is 15.8. The van der Waals surface area contributed by atoms with Gasteiger partial charge in [-0.25, -0.2) is 13.1 Å². The van der Waals surface area contributed by atoms with Crippen LogP contribution < -0.4 is 9.46 Å². The van der Waals surface area contributed by atoms with Crippen LogP contribution >= 0.6 is 0 Å². The Morgan fingerprint density at radius 3 is 2.82 bits per heavy atom. The molecule has 5 heteroatoms. The van der Waals surface area contributed by atoms with Crippen LogP contribution in [0.2, 0.25) is 0 Å². The highest BCUT2D eigenvalue weighted by atomic mass is 32.2.